The lowest BCUT2D eigenvalue weighted by molar-refractivity contribution is -0.138. The topological polar surface area (TPSA) is 84.7 Å². The highest BCUT2D eigenvalue weighted by Crippen LogP contribution is 2.08. The highest BCUT2D eigenvalue weighted by atomic mass is 16.5. The minimum atomic E-state index is -0.912. The standard InChI is InChI=1S/C12H25N3O3/c1-5-12(2,13)11(17)15(3)9-10(16)14-7-6-8-18-4/h5-9,13H2,1-4H3,(H,14,16). The van der Waals surface area contributed by atoms with Gasteiger partial charge in [-0.05, 0) is 19.8 Å². The fraction of sp³-hybridized carbons (Fsp3) is 0.833. The first-order valence-corrected chi connectivity index (χ1v) is 6.15. The molecule has 0 spiro atoms. The highest BCUT2D eigenvalue weighted by molar-refractivity contribution is 5.89. The monoisotopic (exact) mass is 259 g/mol. The van der Waals surface area contributed by atoms with Crippen molar-refractivity contribution in [1.82, 2.24) is 10.2 Å². The van der Waals surface area contributed by atoms with E-state index in [-0.39, 0.29) is 18.4 Å². The molecule has 0 heterocycles. The number of carbonyl (C=O) groups is 2. The van der Waals surface area contributed by atoms with Crippen LogP contribution in [0.3, 0.4) is 0 Å². The largest absolute Gasteiger partial charge is 0.385 e. The average Bonchev–Trinajstić information content (AvgIpc) is 2.33. The molecule has 0 aliphatic carbocycles. The number of rotatable bonds is 8. The van der Waals surface area contributed by atoms with Crippen LogP contribution >= 0.6 is 0 Å². The second kappa shape index (κ2) is 8.05. The second-order valence-corrected chi connectivity index (χ2v) is 4.63. The summed E-state index contributed by atoms with van der Waals surface area (Å²) in [6.45, 7) is 4.69. The van der Waals surface area contributed by atoms with Gasteiger partial charge in [-0.1, -0.05) is 6.92 Å². The van der Waals surface area contributed by atoms with E-state index < -0.39 is 5.54 Å². The van der Waals surface area contributed by atoms with Gasteiger partial charge in [0.05, 0.1) is 12.1 Å². The van der Waals surface area contributed by atoms with Crippen molar-refractivity contribution in [1.29, 1.82) is 0 Å². The Bertz CT molecular complexity index is 280. The number of nitrogens with two attached hydrogens (primary N) is 1. The Morgan fingerprint density at radius 3 is 2.56 bits per heavy atom. The fourth-order valence-electron chi connectivity index (χ4n) is 1.37. The number of carbonyl (C=O) groups excluding carboxylic acids is 2. The quantitative estimate of drug-likeness (QED) is 0.587. The van der Waals surface area contributed by atoms with Gasteiger partial charge in [-0.3, -0.25) is 9.59 Å². The predicted octanol–water partition coefficient (Wildman–Crippen LogP) is -0.275. The zero-order valence-electron chi connectivity index (χ0n) is 11.8. The van der Waals surface area contributed by atoms with Gasteiger partial charge < -0.3 is 20.7 Å². The van der Waals surface area contributed by atoms with Gasteiger partial charge in [-0.15, -0.1) is 0 Å². The minimum Gasteiger partial charge on any atom is -0.385 e. The number of amides is 2. The lowest BCUT2D eigenvalue weighted by atomic mass is 9.99. The Labute approximate surface area is 109 Å². The van der Waals surface area contributed by atoms with Crippen LogP contribution in [0.15, 0.2) is 0 Å². The molecule has 2 amide bonds. The average molecular weight is 259 g/mol. The van der Waals surface area contributed by atoms with Crippen LogP contribution in [0.2, 0.25) is 0 Å². The van der Waals surface area contributed by atoms with Crippen LogP contribution in [0, 0.1) is 0 Å². The molecule has 0 saturated heterocycles. The molecule has 0 aromatic heterocycles. The molecule has 0 aromatic carbocycles. The normalized spacial score (nSPS) is 13.8. The molecule has 0 aromatic rings. The molecule has 6 heteroatoms. The van der Waals surface area contributed by atoms with Gasteiger partial charge in [-0.2, -0.15) is 0 Å². The first-order valence-electron chi connectivity index (χ1n) is 6.15. The summed E-state index contributed by atoms with van der Waals surface area (Å²) < 4.78 is 4.87. The van der Waals surface area contributed by atoms with Crippen molar-refractivity contribution < 1.29 is 14.3 Å². The number of nitrogens with one attached hydrogen (secondary N) is 1. The smallest absolute Gasteiger partial charge is 0.242 e. The molecule has 0 rings (SSSR count). The highest BCUT2D eigenvalue weighted by Gasteiger charge is 2.29. The van der Waals surface area contributed by atoms with Crippen molar-refractivity contribution in [3.63, 3.8) is 0 Å². The molecule has 0 bridgehead atoms. The maximum absolute atomic E-state index is 11.9. The Kier molecular flexibility index (Phi) is 7.54. The predicted molar refractivity (Wildman–Crippen MR) is 70.0 cm³/mol. The summed E-state index contributed by atoms with van der Waals surface area (Å²) in [6.07, 6.45) is 1.29. The third-order valence-electron chi connectivity index (χ3n) is 2.80. The summed E-state index contributed by atoms with van der Waals surface area (Å²) in [5.74, 6) is -0.411. The number of nitrogens with zero attached hydrogens (tertiary/aromatic N) is 1. The van der Waals surface area contributed by atoms with Crippen LogP contribution in [-0.4, -0.2) is 56.1 Å². The zero-order chi connectivity index (χ0) is 14.2. The maximum atomic E-state index is 11.9. The lowest BCUT2D eigenvalue weighted by Crippen LogP contribution is -2.53. The van der Waals surface area contributed by atoms with E-state index in [2.05, 4.69) is 5.32 Å². The van der Waals surface area contributed by atoms with Crippen LogP contribution in [0.5, 0.6) is 0 Å². The zero-order valence-corrected chi connectivity index (χ0v) is 11.8. The van der Waals surface area contributed by atoms with Crippen LogP contribution in [0.4, 0.5) is 0 Å². The molecule has 0 aliphatic rings. The Balaban J connectivity index is 4.04. The summed E-state index contributed by atoms with van der Waals surface area (Å²) in [6, 6.07) is 0. The van der Waals surface area contributed by atoms with Gasteiger partial charge in [-0.25, -0.2) is 0 Å². The first kappa shape index (κ1) is 16.9. The second-order valence-electron chi connectivity index (χ2n) is 4.63. The van der Waals surface area contributed by atoms with Crippen LogP contribution < -0.4 is 11.1 Å². The fourth-order valence-corrected chi connectivity index (χ4v) is 1.37. The lowest BCUT2D eigenvalue weighted by Gasteiger charge is -2.27. The molecule has 0 fully saturated rings. The molecule has 3 N–H and O–H groups in total. The van der Waals surface area contributed by atoms with Gasteiger partial charge in [0.15, 0.2) is 0 Å². The molecule has 0 aliphatic heterocycles. The van der Waals surface area contributed by atoms with Crippen molar-refractivity contribution >= 4 is 11.8 Å². The number of methoxy groups -OCH3 is 1. The maximum Gasteiger partial charge on any atom is 0.242 e. The summed E-state index contributed by atoms with van der Waals surface area (Å²) >= 11 is 0. The van der Waals surface area contributed by atoms with Crippen LogP contribution in [0.25, 0.3) is 0 Å². The number of ether oxygens (including phenoxy) is 1. The van der Waals surface area contributed by atoms with E-state index in [1.807, 2.05) is 6.92 Å². The molecule has 0 radical (unpaired) electrons. The molecule has 18 heavy (non-hydrogen) atoms. The first-order chi connectivity index (χ1) is 8.35. The van der Waals surface area contributed by atoms with Gasteiger partial charge in [0.1, 0.15) is 0 Å². The Morgan fingerprint density at radius 2 is 2.06 bits per heavy atom. The molecule has 106 valence electrons. The molecule has 1 atom stereocenters. The van der Waals surface area contributed by atoms with Crippen molar-refractivity contribution in [3.8, 4) is 0 Å². The van der Waals surface area contributed by atoms with Gasteiger partial charge in [0, 0.05) is 27.3 Å². The van der Waals surface area contributed by atoms with E-state index in [9.17, 15) is 9.59 Å². The summed E-state index contributed by atoms with van der Waals surface area (Å²) in [5.41, 5.74) is 4.92. The number of hydrogen-bond acceptors (Lipinski definition) is 4. The van der Waals surface area contributed by atoms with E-state index >= 15 is 0 Å². The van der Waals surface area contributed by atoms with E-state index in [0.29, 0.717) is 19.6 Å². The van der Waals surface area contributed by atoms with Gasteiger partial charge in [0.2, 0.25) is 11.8 Å². The summed E-state index contributed by atoms with van der Waals surface area (Å²) in [4.78, 5) is 24.8. The Morgan fingerprint density at radius 1 is 1.44 bits per heavy atom. The molecule has 1 unspecified atom stereocenters. The van der Waals surface area contributed by atoms with E-state index in [1.54, 1.807) is 21.1 Å². The number of likely N-dealkylation sites (N-methyl/N-ethyl adjacent to an activating group) is 1. The minimum absolute atomic E-state index is 0.0264. The van der Waals surface area contributed by atoms with Crippen molar-refractivity contribution in [2.75, 3.05) is 33.9 Å². The summed E-state index contributed by atoms with van der Waals surface area (Å²) in [7, 11) is 3.19. The summed E-state index contributed by atoms with van der Waals surface area (Å²) in [5, 5.41) is 2.72. The number of hydrogen-bond donors (Lipinski definition) is 2. The molecule has 0 saturated carbocycles. The molecular formula is C12H25N3O3. The van der Waals surface area contributed by atoms with E-state index in [1.165, 1.54) is 4.90 Å². The molecular weight excluding hydrogens is 234 g/mol. The SMILES string of the molecule is CCC(C)(N)C(=O)N(C)CC(=O)NCCCOC. The Hall–Kier alpha value is -1.14. The van der Waals surface area contributed by atoms with Crippen molar-refractivity contribution in [2.24, 2.45) is 5.73 Å². The van der Waals surface area contributed by atoms with E-state index in [4.69, 9.17) is 10.5 Å². The third kappa shape index (κ3) is 5.97. The third-order valence-corrected chi connectivity index (χ3v) is 2.80. The van der Waals surface area contributed by atoms with Crippen LogP contribution in [0.1, 0.15) is 26.7 Å². The molecule has 6 nitrogen and oxygen atoms in total. The van der Waals surface area contributed by atoms with Crippen molar-refractivity contribution in [3.05, 3.63) is 0 Å². The van der Waals surface area contributed by atoms with Crippen LogP contribution in [-0.2, 0) is 14.3 Å². The van der Waals surface area contributed by atoms with Gasteiger partial charge >= 0.3 is 0 Å². The van der Waals surface area contributed by atoms with Gasteiger partial charge in [0.25, 0.3) is 0 Å². The van der Waals surface area contributed by atoms with E-state index in [0.717, 1.165) is 6.42 Å². The van der Waals surface area contributed by atoms with Crippen molar-refractivity contribution in [2.45, 2.75) is 32.2 Å².